The van der Waals surface area contributed by atoms with E-state index in [9.17, 15) is 4.79 Å². The molecule has 1 aliphatic heterocycles. The third-order valence-electron chi connectivity index (χ3n) is 7.03. The van der Waals surface area contributed by atoms with Gasteiger partial charge in [-0.1, -0.05) is 60.4 Å². The second-order valence-corrected chi connectivity index (χ2v) is 10.2. The van der Waals surface area contributed by atoms with Gasteiger partial charge in [-0.05, 0) is 85.3 Å². The van der Waals surface area contributed by atoms with Gasteiger partial charge in [0.15, 0.2) is 6.61 Å². The Kier molecular flexibility index (Phi) is 12.1. The van der Waals surface area contributed by atoms with E-state index in [-0.39, 0.29) is 0 Å². The van der Waals surface area contributed by atoms with Crippen LogP contribution in [0.2, 0.25) is 0 Å². The van der Waals surface area contributed by atoms with Gasteiger partial charge in [0.2, 0.25) is 0 Å². The molecule has 3 aromatic rings. The summed E-state index contributed by atoms with van der Waals surface area (Å²) in [5, 5.41) is 8.89. The van der Waals surface area contributed by atoms with Crippen molar-refractivity contribution in [3.8, 4) is 23.3 Å². The summed E-state index contributed by atoms with van der Waals surface area (Å²) in [6, 6.07) is 23.5. The molecule has 226 valence electrons. The molecule has 3 aromatic carbocycles. The fraction of sp³-hybridized carbons (Fsp3) is 0.243. The third-order valence-corrected chi connectivity index (χ3v) is 7.03. The van der Waals surface area contributed by atoms with Crippen LogP contribution in [0.3, 0.4) is 0 Å². The molecular weight excluding hydrogens is 552 g/mol. The standard InChI is InChI=1S/C37H38N2O5/c1-28(11-17-35(38-3)32-9-5-4-6-10-32)34(19-23-43-33-16-18-36(29(2)26-33)44-27-37(40)41)31-14-12-30(13-15-31)8-7-20-39-21-24-42-25-22-39/h4-6,9-19,26H,3,20-25,27H2,1-2H3,(H,40,41)/b28-11+,34-19-,35-17-. The van der Waals surface area contributed by atoms with Crippen molar-refractivity contribution in [3.63, 3.8) is 0 Å². The lowest BCUT2D eigenvalue weighted by Crippen LogP contribution is -2.36. The van der Waals surface area contributed by atoms with Crippen LogP contribution in [-0.4, -0.2) is 68.8 Å². The van der Waals surface area contributed by atoms with Crippen molar-refractivity contribution in [1.29, 1.82) is 0 Å². The van der Waals surface area contributed by atoms with Crippen LogP contribution >= 0.6 is 0 Å². The van der Waals surface area contributed by atoms with Crippen LogP contribution in [-0.2, 0) is 9.53 Å². The van der Waals surface area contributed by atoms with E-state index in [0.29, 0.717) is 18.1 Å². The van der Waals surface area contributed by atoms with Gasteiger partial charge in [0.05, 0.1) is 25.5 Å². The summed E-state index contributed by atoms with van der Waals surface area (Å²) in [4.78, 5) is 17.4. The molecule has 0 amide bonds. The van der Waals surface area contributed by atoms with Crippen LogP contribution in [0.15, 0.2) is 102 Å². The van der Waals surface area contributed by atoms with E-state index in [1.54, 1.807) is 12.1 Å². The lowest BCUT2D eigenvalue weighted by atomic mass is 9.97. The van der Waals surface area contributed by atoms with E-state index in [0.717, 1.165) is 71.9 Å². The van der Waals surface area contributed by atoms with Gasteiger partial charge in [-0.25, -0.2) is 4.79 Å². The molecule has 1 N–H and O–H groups in total. The Morgan fingerprint density at radius 1 is 1.02 bits per heavy atom. The van der Waals surface area contributed by atoms with Crippen LogP contribution < -0.4 is 9.47 Å². The van der Waals surface area contributed by atoms with Crippen molar-refractivity contribution in [2.24, 2.45) is 4.99 Å². The quantitative estimate of drug-likeness (QED) is 0.152. The molecule has 1 heterocycles. The normalized spacial score (nSPS) is 14.4. The maximum Gasteiger partial charge on any atom is 0.341 e. The van der Waals surface area contributed by atoms with E-state index in [1.165, 1.54) is 0 Å². The van der Waals surface area contributed by atoms with Gasteiger partial charge in [-0.3, -0.25) is 9.89 Å². The van der Waals surface area contributed by atoms with Crippen LogP contribution in [0, 0.1) is 18.8 Å². The van der Waals surface area contributed by atoms with E-state index in [4.69, 9.17) is 19.3 Å². The largest absolute Gasteiger partial charge is 0.489 e. The molecule has 0 atom stereocenters. The van der Waals surface area contributed by atoms with Gasteiger partial charge >= 0.3 is 5.97 Å². The zero-order chi connectivity index (χ0) is 31.1. The van der Waals surface area contributed by atoms with E-state index >= 15 is 0 Å². The molecule has 44 heavy (non-hydrogen) atoms. The van der Waals surface area contributed by atoms with Crippen molar-refractivity contribution in [3.05, 3.63) is 119 Å². The molecular formula is C37H38N2O5. The average Bonchev–Trinajstić information content (AvgIpc) is 3.04. The number of benzene rings is 3. The third kappa shape index (κ3) is 9.84. The van der Waals surface area contributed by atoms with E-state index < -0.39 is 12.6 Å². The maximum absolute atomic E-state index is 10.8. The van der Waals surface area contributed by atoms with Gasteiger partial charge in [-0.15, -0.1) is 0 Å². The number of aryl methyl sites for hydroxylation is 1. The first-order valence-electron chi connectivity index (χ1n) is 14.5. The first-order valence-corrected chi connectivity index (χ1v) is 14.5. The molecule has 0 unspecified atom stereocenters. The Bertz CT molecular complexity index is 1570. The fourth-order valence-corrected chi connectivity index (χ4v) is 4.63. The lowest BCUT2D eigenvalue weighted by molar-refractivity contribution is -0.139. The highest BCUT2D eigenvalue weighted by molar-refractivity contribution is 5.80. The van der Waals surface area contributed by atoms with Crippen molar-refractivity contribution in [2.45, 2.75) is 13.8 Å². The summed E-state index contributed by atoms with van der Waals surface area (Å²) in [5.74, 6) is 6.72. The number of aliphatic imine (C=N–C) groups is 1. The van der Waals surface area contributed by atoms with E-state index in [2.05, 4.69) is 47.5 Å². The summed E-state index contributed by atoms with van der Waals surface area (Å²) in [6.45, 7) is 11.7. The highest BCUT2D eigenvalue weighted by Gasteiger charge is 2.09. The van der Waals surface area contributed by atoms with Crippen LogP contribution in [0.5, 0.6) is 11.5 Å². The predicted octanol–water partition coefficient (Wildman–Crippen LogP) is 6.29. The number of hydrogen-bond donors (Lipinski definition) is 1. The highest BCUT2D eigenvalue weighted by Crippen LogP contribution is 2.26. The Morgan fingerprint density at radius 2 is 1.77 bits per heavy atom. The zero-order valence-corrected chi connectivity index (χ0v) is 25.3. The first kappa shape index (κ1) is 32.0. The van der Waals surface area contributed by atoms with Crippen LogP contribution in [0.25, 0.3) is 11.3 Å². The maximum atomic E-state index is 10.8. The number of carboxylic acid groups (broad SMARTS) is 1. The number of allylic oxidation sites excluding steroid dienone is 4. The lowest BCUT2D eigenvalue weighted by Gasteiger charge is -2.24. The van der Waals surface area contributed by atoms with Crippen molar-refractivity contribution in [2.75, 3.05) is 46.1 Å². The summed E-state index contributed by atoms with van der Waals surface area (Å²) < 4.78 is 16.8. The minimum atomic E-state index is -1.02. The van der Waals surface area contributed by atoms with Gasteiger partial charge in [0, 0.05) is 24.2 Å². The Hall–Kier alpha value is -4.90. The molecule has 1 aliphatic rings. The number of ether oxygens (including phenoxy) is 3. The molecule has 0 aromatic heterocycles. The number of rotatable bonds is 12. The minimum absolute atomic E-state index is 0.325. The molecule has 7 heteroatoms. The second kappa shape index (κ2) is 16.7. The monoisotopic (exact) mass is 590 g/mol. The summed E-state index contributed by atoms with van der Waals surface area (Å²) in [7, 11) is 0. The molecule has 1 saturated heterocycles. The SMILES string of the molecule is C=N\C(=C/C=C(C)/C(=C/COc1ccc(OCC(=O)O)c(C)c1)c1ccc(C#CCN2CCOCC2)cc1)c1ccccc1. The van der Waals surface area contributed by atoms with Gasteiger partial charge < -0.3 is 19.3 Å². The van der Waals surface area contributed by atoms with Crippen molar-refractivity contribution in [1.82, 2.24) is 4.90 Å². The van der Waals surface area contributed by atoms with E-state index in [1.807, 2.05) is 73.7 Å². The Balaban J connectivity index is 1.54. The number of nitrogens with zero attached hydrogens (tertiary/aromatic N) is 2. The van der Waals surface area contributed by atoms with Gasteiger partial charge in [-0.2, -0.15) is 0 Å². The topological polar surface area (TPSA) is 80.6 Å². The van der Waals surface area contributed by atoms with Crippen LogP contribution in [0.4, 0.5) is 0 Å². The molecule has 4 rings (SSSR count). The minimum Gasteiger partial charge on any atom is -0.489 e. The zero-order valence-electron chi connectivity index (χ0n) is 25.3. The number of morpholine rings is 1. The molecule has 0 saturated carbocycles. The summed E-state index contributed by atoms with van der Waals surface area (Å²) in [6.07, 6.45) is 6.06. The first-order chi connectivity index (χ1) is 21.4. The molecule has 0 bridgehead atoms. The molecule has 0 aliphatic carbocycles. The van der Waals surface area contributed by atoms with Crippen molar-refractivity contribution < 1.29 is 24.1 Å². The average molecular weight is 591 g/mol. The summed E-state index contributed by atoms with van der Waals surface area (Å²) in [5.41, 5.74) is 6.62. The molecule has 1 fully saturated rings. The van der Waals surface area contributed by atoms with Crippen molar-refractivity contribution >= 4 is 24.0 Å². The smallest absolute Gasteiger partial charge is 0.341 e. The molecule has 0 radical (unpaired) electrons. The number of carbonyl (C=O) groups is 1. The van der Waals surface area contributed by atoms with Crippen LogP contribution in [0.1, 0.15) is 29.2 Å². The molecule has 7 nitrogen and oxygen atoms in total. The Morgan fingerprint density at radius 3 is 2.45 bits per heavy atom. The van der Waals surface area contributed by atoms with Gasteiger partial charge in [0.1, 0.15) is 18.1 Å². The summed E-state index contributed by atoms with van der Waals surface area (Å²) >= 11 is 0. The highest BCUT2D eigenvalue weighted by atomic mass is 16.5. The van der Waals surface area contributed by atoms with Gasteiger partial charge in [0.25, 0.3) is 0 Å². The predicted molar refractivity (Wildman–Crippen MR) is 176 cm³/mol. The fourth-order valence-electron chi connectivity index (χ4n) is 4.63. The number of aliphatic carboxylic acids is 1. The number of carboxylic acids is 1. The number of hydrogen-bond acceptors (Lipinski definition) is 6. The Labute approximate surface area is 259 Å². The molecule has 0 spiro atoms. The second-order valence-electron chi connectivity index (χ2n) is 10.2.